The van der Waals surface area contributed by atoms with Crippen LogP contribution in [0.1, 0.15) is 51.9 Å². The number of nitrogens with two attached hydrogens (primary N) is 1. The van der Waals surface area contributed by atoms with E-state index in [4.69, 9.17) is 26.8 Å². The maximum atomic E-state index is 13.1. The number of nitrogens with zero attached hydrogens (tertiary/aromatic N) is 3. The summed E-state index contributed by atoms with van der Waals surface area (Å²) in [5, 5.41) is 6.74. The van der Waals surface area contributed by atoms with Crippen LogP contribution in [0.15, 0.2) is 46.2 Å². The third-order valence-electron chi connectivity index (χ3n) is 8.02. The number of ether oxygens (including phenoxy) is 2. The van der Waals surface area contributed by atoms with Gasteiger partial charge >= 0.3 is 5.97 Å². The smallest absolute Gasteiger partial charge is 0.325 e. The first kappa shape index (κ1) is 32.2. The third kappa shape index (κ3) is 8.43. The number of rotatable bonds is 10. The molecule has 2 fully saturated rings. The van der Waals surface area contributed by atoms with Crippen LogP contribution in [0.2, 0.25) is 5.02 Å². The Kier molecular flexibility index (Phi) is 11.3. The van der Waals surface area contributed by atoms with Gasteiger partial charge in [-0.05, 0) is 50.5 Å². The molecule has 2 amide bonds. The zero-order valence-electron chi connectivity index (χ0n) is 25.3. The zero-order chi connectivity index (χ0) is 30.9. The summed E-state index contributed by atoms with van der Waals surface area (Å²) >= 11 is 6.59. The molecule has 1 aliphatic carbocycles. The van der Waals surface area contributed by atoms with Gasteiger partial charge in [0.25, 0.3) is 0 Å². The molecule has 1 saturated heterocycles. The number of likely N-dealkylation sites (tertiary alicyclic amines) is 1. The first-order chi connectivity index (χ1) is 20.7. The summed E-state index contributed by atoms with van der Waals surface area (Å²) in [6, 6.07) is 5.24. The van der Waals surface area contributed by atoms with E-state index < -0.39 is 5.97 Å². The Hall–Kier alpha value is -3.73. The number of likely N-dealkylation sites (N-methyl/N-ethyl adjacent to an activating group) is 1. The van der Waals surface area contributed by atoms with Gasteiger partial charge in [-0.2, -0.15) is 0 Å². The lowest BCUT2D eigenvalue weighted by molar-refractivity contribution is -0.147. The standard InChI is InChI=1S/C31H43ClN6O5/c1-4-42-27(39)19-37(3)30(40)21-11-14-35-29(34-2)24(17-21)28(33)36-22-9-10-26(25(32)18-22)43-23-12-15-38(16-13-23)31(41)20-7-5-6-8-20/h9-10,17-18,20,23,34-35H,4-8,11-16,19H2,1-3H3,(H2,33,36). The zero-order valence-corrected chi connectivity index (χ0v) is 26.0. The maximum Gasteiger partial charge on any atom is 0.325 e. The Balaban J connectivity index is 1.42. The van der Waals surface area contributed by atoms with Gasteiger partial charge in [0.15, 0.2) is 0 Å². The van der Waals surface area contributed by atoms with Crippen LogP contribution in [-0.4, -0.2) is 86.4 Å². The van der Waals surface area contributed by atoms with Crippen molar-refractivity contribution < 1.29 is 23.9 Å². The van der Waals surface area contributed by atoms with Crippen molar-refractivity contribution in [3.8, 4) is 5.75 Å². The summed E-state index contributed by atoms with van der Waals surface area (Å²) in [6.45, 7) is 3.70. The molecule has 0 spiro atoms. The van der Waals surface area contributed by atoms with Crippen LogP contribution in [0.3, 0.4) is 0 Å². The molecule has 43 heavy (non-hydrogen) atoms. The second kappa shape index (κ2) is 15.1. The largest absolute Gasteiger partial charge is 0.489 e. The van der Waals surface area contributed by atoms with Crippen molar-refractivity contribution in [2.75, 3.05) is 46.9 Å². The predicted molar refractivity (Wildman–Crippen MR) is 166 cm³/mol. The average Bonchev–Trinajstić information content (AvgIpc) is 3.45. The van der Waals surface area contributed by atoms with Crippen molar-refractivity contribution in [3.63, 3.8) is 0 Å². The normalized spacial score (nSPS) is 18.5. The molecule has 3 aliphatic rings. The van der Waals surface area contributed by atoms with E-state index in [1.165, 1.54) is 4.90 Å². The minimum atomic E-state index is -0.470. The molecule has 12 heteroatoms. The third-order valence-corrected chi connectivity index (χ3v) is 8.32. The Bertz CT molecular complexity index is 1280. The quantitative estimate of drug-likeness (QED) is 0.207. The molecule has 0 atom stereocenters. The average molecular weight is 615 g/mol. The molecular formula is C31H43ClN6O5. The van der Waals surface area contributed by atoms with Gasteiger partial charge in [0.05, 0.1) is 22.9 Å². The van der Waals surface area contributed by atoms with E-state index in [0.717, 1.165) is 38.5 Å². The summed E-state index contributed by atoms with van der Waals surface area (Å²) in [4.78, 5) is 45.6. The summed E-state index contributed by atoms with van der Waals surface area (Å²) in [6.07, 6.45) is 7.95. The summed E-state index contributed by atoms with van der Waals surface area (Å²) in [5.41, 5.74) is 7.98. The Labute approximate surface area is 258 Å². The van der Waals surface area contributed by atoms with Crippen LogP contribution in [0, 0.1) is 5.92 Å². The van der Waals surface area contributed by atoms with E-state index in [1.807, 2.05) is 4.90 Å². The minimum Gasteiger partial charge on any atom is -0.489 e. The fraction of sp³-hybridized carbons (Fsp3) is 0.548. The van der Waals surface area contributed by atoms with E-state index >= 15 is 0 Å². The van der Waals surface area contributed by atoms with Gasteiger partial charge in [-0.25, -0.2) is 4.99 Å². The number of piperidine rings is 1. The molecule has 0 bridgehead atoms. The number of amides is 2. The highest BCUT2D eigenvalue weighted by Gasteiger charge is 2.31. The molecule has 234 valence electrons. The van der Waals surface area contributed by atoms with Gasteiger partial charge in [-0.1, -0.05) is 24.4 Å². The molecule has 11 nitrogen and oxygen atoms in total. The molecule has 2 heterocycles. The van der Waals surface area contributed by atoms with Crippen LogP contribution in [0.4, 0.5) is 5.69 Å². The molecule has 0 aromatic heterocycles. The van der Waals surface area contributed by atoms with Crippen molar-refractivity contribution >= 4 is 40.9 Å². The fourth-order valence-electron chi connectivity index (χ4n) is 5.71. The van der Waals surface area contributed by atoms with Gasteiger partial charge in [0.1, 0.15) is 30.1 Å². The van der Waals surface area contributed by atoms with Crippen molar-refractivity contribution in [1.82, 2.24) is 20.4 Å². The van der Waals surface area contributed by atoms with Gasteiger partial charge in [0, 0.05) is 58.1 Å². The molecular weight excluding hydrogens is 572 g/mol. The van der Waals surface area contributed by atoms with Crippen LogP contribution < -0.4 is 21.1 Å². The number of halogens is 1. The number of esters is 1. The highest BCUT2D eigenvalue weighted by Crippen LogP contribution is 2.32. The lowest BCUT2D eigenvalue weighted by Gasteiger charge is -2.33. The Morgan fingerprint density at radius 1 is 1.19 bits per heavy atom. The monoisotopic (exact) mass is 614 g/mol. The number of hydrogen-bond acceptors (Lipinski definition) is 8. The van der Waals surface area contributed by atoms with Crippen LogP contribution >= 0.6 is 11.6 Å². The van der Waals surface area contributed by atoms with E-state index in [9.17, 15) is 14.4 Å². The molecule has 4 N–H and O–H groups in total. The molecule has 0 unspecified atom stereocenters. The maximum absolute atomic E-state index is 13.1. The van der Waals surface area contributed by atoms with Crippen molar-refractivity contribution in [1.29, 1.82) is 0 Å². The number of benzene rings is 1. The van der Waals surface area contributed by atoms with E-state index in [2.05, 4.69) is 15.6 Å². The molecule has 1 saturated carbocycles. The minimum absolute atomic E-state index is 0.0204. The number of carbonyl (C=O) groups is 3. The molecule has 1 aromatic carbocycles. The fourth-order valence-corrected chi connectivity index (χ4v) is 5.93. The molecule has 2 aliphatic heterocycles. The summed E-state index contributed by atoms with van der Waals surface area (Å²) in [7, 11) is 3.31. The van der Waals surface area contributed by atoms with Crippen LogP contribution in [0.5, 0.6) is 5.75 Å². The van der Waals surface area contributed by atoms with Crippen molar-refractivity contribution in [3.05, 3.63) is 46.3 Å². The Morgan fingerprint density at radius 2 is 1.91 bits per heavy atom. The number of amidine groups is 1. The summed E-state index contributed by atoms with van der Waals surface area (Å²) < 4.78 is 11.2. The van der Waals surface area contributed by atoms with Gasteiger partial charge < -0.3 is 35.6 Å². The SMILES string of the molecule is CCOC(=O)CN(C)C(=O)C1=CC(C(N)=Nc2ccc(OC3CCN(C(=O)C4CCCC4)CC3)c(Cl)c2)=C(NC)NCC1. The summed E-state index contributed by atoms with van der Waals surface area (Å²) in [5.74, 6) is 1.09. The highest BCUT2D eigenvalue weighted by molar-refractivity contribution is 6.32. The van der Waals surface area contributed by atoms with E-state index in [-0.39, 0.29) is 36.9 Å². The second-order valence-corrected chi connectivity index (χ2v) is 11.5. The second-order valence-electron chi connectivity index (χ2n) is 11.1. The lowest BCUT2D eigenvalue weighted by Crippen LogP contribution is -2.44. The number of aliphatic imine (C=N–C) groups is 1. The molecule has 0 radical (unpaired) electrons. The first-order valence-corrected chi connectivity index (χ1v) is 15.4. The number of carbonyl (C=O) groups excluding carboxylic acids is 3. The van der Waals surface area contributed by atoms with Gasteiger partial charge in [-0.15, -0.1) is 0 Å². The van der Waals surface area contributed by atoms with E-state index in [1.54, 1.807) is 45.3 Å². The number of hydrogen-bond donors (Lipinski definition) is 3. The Morgan fingerprint density at radius 3 is 2.56 bits per heavy atom. The lowest BCUT2D eigenvalue weighted by atomic mass is 10.0. The topological polar surface area (TPSA) is 139 Å². The first-order valence-electron chi connectivity index (χ1n) is 15.1. The predicted octanol–water partition coefficient (Wildman–Crippen LogP) is 3.26. The highest BCUT2D eigenvalue weighted by atomic mass is 35.5. The van der Waals surface area contributed by atoms with Crippen LogP contribution in [-0.2, 0) is 19.1 Å². The number of nitrogens with one attached hydrogen (secondary N) is 2. The van der Waals surface area contributed by atoms with Crippen molar-refractivity contribution in [2.24, 2.45) is 16.6 Å². The molecule has 1 aromatic rings. The van der Waals surface area contributed by atoms with Gasteiger partial charge in [-0.3, -0.25) is 14.4 Å². The van der Waals surface area contributed by atoms with Gasteiger partial charge in [0.2, 0.25) is 11.8 Å². The van der Waals surface area contributed by atoms with Crippen LogP contribution in [0.25, 0.3) is 0 Å². The van der Waals surface area contributed by atoms with E-state index in [0.29, 0.717) is 65.4 Å². The van der Waals surface area contributed by atoms with Crippen molar-refractivity contribution in [2.45, 2.75) is 58.0 Å². The molecule has 4 rings (SSSR count).